The van der Waals surface area contributed by atoms with Crippen molar-refractivity contribution in [3.63, 3.8) is 0 Å². The molecule has 2 fully saturated rings. The van der Waals surface area contributed by atoms with Gasteiger partial charge in [-0.15, -0.1) is 0 Å². The van der Waals surface area contributed by atoms with Crippen molar-refractivity contribution in [2.45, 2.75) is 32.2 Å². The molecule has 0 amide bonds. The van der Waals surface area contributed by atoms with E-state index in [1.165, 1.54) is 24.1 Å². The van der Waals surface area contributed by atoms with Crippen LogP contribution in [0.25, 0.3) is 11.4 Å². The van der Waals surface area contributed by atoms with Crippen LogP contribution in [-0.4, -0.2) is 110 Å². The average molecular weight is 765 g/mol. The van der Waals surface area contributed by atoms with Crippen molar-refractivity contribution in [3.8, 4) is 22.9 Å². The van der Waals surface area contributed by atoms with Gasteiger partial charge in [0.1, 0.15) is 18.7 Å². The molecule has 4 aromatic rings. The van der Waals surface area contributed by atoms with E-state index in [1.54, 1.807) is 46.1 Å². The first-order valence-corrected chi connectivity index (χ1v) is 20.5. The molecule has 4 heterocycles. The number of hydrogen-bond donors (Lipinski definition) is 2. The maximum absolute atomic E-state index is 13.5. The molecular formula is C36H47BrN9O3P. The lowest BCUT2D eigenvalue weighted by Gasteiger charge is -2.43. The number of likely N-dealkylation sites (N-methyl/N-ethyl adjacent to an activating group) is 1. The molecule has 2 aliphatic rings. The van der Waals surface area contributed by atoms with Crippen LogP contribution in [0.4, 0.5) is 28.8 Å². The fourth-order valence-corrected chi connectivity index (χ4v) is 8.12. The highest BCUT2D eigenvalue weighted by molar-refractivity contribution is 9.10. The second-order valence-corrected chi connectivity index (χ2v) is 17.3. The van der Waals surface area contributed by atoms with Gasteiger partial charge >= 0.3 is 0 Å². The van der Waals surface area contributed by atoms with Crippen LogP contribution in [0.1, 0.15) is 25.3 Å². The molecule has 6 rings (SSSR count). The summed E-state index contributed by atoms with van der Waals surface area (Å²) in [6.07, 6.45) is 8.14. The van der Waals surface area contributed by atoms with Gasteiger partial charge in [0.05, 0.1) is 42.5 Å². The highest BCUT2D eigenvalue weighted by Gasteiger charge is 2.28. The van der Waals surface area contributed by atoms with Gasteiger partial charge in [-0.25, -0.2) is 15.0 Å². The summed E-state index contributed by atoms with van der Waals surface area (Å²) in [6.45, 7) is 12.4. The predicted molar refractivity (Wildman–Crippen MR) is 206 cm³/mol. The van der Waals surface area contributed by atoms with Gasteiger partial charge in [0.15, 0.2) is 11.6 Å². The Morgan fingerprint density at radius 1 is 0.900 bits per heavy atom. The summed E-state index contributed by atoms with van der Waals surface area (Å²) in [4.78, 5) is 25.8. The van der Waals surface area contributed by atoms with E-state index in [1.807, 2.05) is 18.2 Å². The summed E-state index contributed by atoms with van der Waals surface area (Å²) in [5.74, 6) is 2.75. The number of nitrogens with zero attached hydrogens (tertiary/aromatic N) is 7. The largest absolute Gasteiger partial charge is 0.494 e. The Kier molecular flexibility index (Phi) is 11.3. The number of benzene rings is 2. The number of ether oxygens (including phenoxy) is 2. The van der Waals surface area contributed by atoms with Crippen LogP contribution in [0.3, 0.4) is 0 Å². The summed E-state index contributed by atoms with van der Waals surface area (Å²) >= 11 is 3.60. The van der Waals surface area contributed by atoms with E-state index < -0.39 is 7.14 Å². The maximum Gasteiger partial charge on any atom is 0.229 e. The van der Waals surface area contributed by atoms with Crippen molar-refractivity contribution in [2.75, 3.05) is 89.4 Å². The van der Waals surface area contributed by atoms with Gasteiger partial charge in [-0.05, 0) is 85.4 Å². The van der Waals surface area contributed by atoms with Gasteiger partial charge in [0.2, 0.25) is 5.95 Å². The van der Waals surface area contributed by atoms with E-state index in [0.29, 0.717) is 44.8 Å². The number of hydrogen-bond acceptors (Lipinski definition) is 12. The number of rotatable bonds is 11. The van der Waals surface area contributed by atoms with E-state index >= 15 is 0 Å². The van der Waals surface area contributed by atoms with E-state index in [9.17, 15) is 4.57 Å². The first-order valence-electron chi connectivity index (χ1n) is 17.1. The topological polar surface area (TPSA) is 121 Å². The van der Waals surface area contributed by atoms with E-state index in [-0.39, 0.29) is 0 Å². The Morgan fingerprint density at radius 2 is 1.62 bits per heavy atom. The summed E-state index contributed by atoms with van der Waals surface area (Å²) in [6, 6.07) is 10.6. The molecule has 0 radical (unpaired) electrons. The zero-order valence-electron chi connectivity index (χ0n) is 29.7. The van der Waals surface area contributed by atoms with Gasteiger partial charge in [0.25, 0.3) is 0 Å². The summed E-state index contributed by atoms with van der Waals surface area (Å²) in [7, 11) is 2.75. The van der Waals surface area contributed by atoms with Crippen molar-refractivity contribution in [3.05, 3.63) is 59.0 Å². The van der Waals surface area contributed by atoms with E-state index in [2.05, 4.69) is 82.3 Å². The Morgan fingerprint density at radius 3 is 2.26 bits per heavy atom. The van der Waals surface area contributed by atoms with Crippen LogP contribution < -0.4 is 30.3 Å². The second kappa shape index (κ2) is 15.6. The van der Waals surface area contributed by atoms with Crippen molar-refractivity contribution in [1.29, 1.82) is 0 Å². The maximum atomic E-state index is 13.5. The minimum atomic E-state index is -2.73. The number of piperazine rings is 1. The van der Waals surface area contributed by atoms with E-state index in [0.717, 1.165) is 62.7 Å². The third-order valence-electron chi connectivity index (χ3n) is 9.58. The van der Waals surface area contributed by atoms with Gasteiger partial charge in [0, 0.05) is 74.1 Å². The molecule has 0 unspecified atom stereocenters. The molecule has 0 saturated carbocycles. The Hall–Kier alpha value is -3.77. The average Bonchev–Trinajstić information content (AvgIpc) is 3.13. The van der Waals surface area contributed by atoms with Gasteiger partial charge < -0.3 is 34.5 Å². The minimum absolute atomic E-state index is 0.401. The van der Waals surface area contributed by atoms with Crippen LogP contribution in [0.15, 0.2) is 53.4 Å². The van der Waals surface area contributed by atoms with Crippen LogP contribution in [0.5, 0.6) is 11.5 Å². The molecule has 0 spiro atoms. The van der Waals surface area contributed by atoms with Crippen LogP contribution in [-0.2, 0) is 11.0 Å². The number of aromatic nitrogens is 4. The molecule has 2 saturated heterocycles. The molecule has 0 atom stereocenters. The molecule has 2 N–H and O–H groups in total. The van der Waals surface area contributed by atoms with Crippen LogP contribution in [0.2, 0.25) is 0 Å². The second-order valence-electron chi connectivity index (χ2n) is 13.3. The van der Waals surface area contributed by atoms with Gasteiger partial charge in [-0.1, -0.05) is 6.92 Å². The summed E-state index contributed by atoms with van der Waals surface area (Å²) in [5.41, 5.74) is 4.69. The Labute approximate surface area is 303 Å². The molecule has 12 nitrogen and oxygen atoms in total. The molecule has 2 aliphatic heterocycles. The zero-order chi connectivity index (χ0) is 35.4. The predicted octanol–water partition coefficient (Wildman–Crippen LogP) is 6.23. The molecule has 266 valence electrons. The van der Waals surface area contributed by atoms with Crippen LogP contribution in [0, 0.1) is 0 Å². The SMILES string of the molecule is CCc1cc(Nc2ncc(Br)c(Nc3ccc(-c4ncc(OC)cn4)cc3P(C)(C)=O)n2)c(OC)cc1N1CCC(N2CCN(C)CC2)CC1. The molecule has 2 aromatic carbocycles. The Bertz CT molecular complexity index is 1840. The van der Waals surface area contributed by atoms with Crippen molar-refractivity contribution >= 4 is 57.2 Å². The highest BCUT2D eigenvalue weighted by Crippen LogP contribution is 2.41. The molecular weight excluding hydrogens is 717 g/mol. The monoisotopic (exact) mass is 763 g/mol. The molecule has 50 heavy (non-hydrogen) atoms. The lowest BCUT2D eigenvalue weighted by molar-refractivity contribution is 0.0982. The normalized spacial score (nSPS) is 16.3. The lowest BCUT2D eigenvalue weighted by Crippen LogP contribution is -2.52. The van der Waals surface area contributed by atoms with Crippen molar-refractivity contribution in [2.24, 2.45) is 0 Å². The number of aryl methyl sites for hydroxylation is 1. The van der Waals surface area contributed by atoms with Crippen molar-refractivity contribution < 1.29 is 14.0 Å². The number of nitrogens with one attached hydrogen (secondary N) is 2. The third kappa shape index (κ3) is 8.23. The highest BCUT2D eigenvalue weighted by atomic mass is 79.9. The summed E-state index contributed by atoms with van der Waals surface area (Å²) < 4.78 is 25.3. The molecule has 2 aromatic heterocycles. The van der Waals surface area contributed by atoms with Gasteiger partial charge in [-0.3, -0.25) is 4.90 Å². The quantitative estimate of drug-likeness (QED) is 0.169. The lowest BCUT2D eigenvalue weighted by atomic mass is 9.99. The fraction of sp³-hybridized carbons (Fsp3) is 0.444. The number of anilines is 5. The molecule has 0 aliphatic carbocycles. The first kappa shape index (κ1) is 36.0. The van der Waals surface area contributed by atoms with Crippen LogP contribution >= 0.6 is 23.1 Å². The minimum Gasteiger partial charge on any atom is -0.494 e. The summed E-state index contributed by atoms with van der Waals surface area (Å²) in [5, 5.41) is 7.45. The number of piperidine rings is 1. The molecule has 14 heteroatoms. The zero-order valence-corrected chi connectivity index (χ0v) is 32.2. The number of halogens is 1. The fourth-order valence-electron chi connectivity index (χ4n) is 6.67. The van der Waals surface area contributed by atoms with E-state index in [4.69, 9.17) is 14.5 Å². The Balaban J connectivity index is 1.21. The standard InChI is InChI=1S/C36H47BrN9O3P/c1-7-24-18-30(32(49-4)20-31(24)46-12-10-26(11-13-46)45-16-14-44(2)15-17-45)42-36-40-23-28(37)35(43-36)41-29-9-8-25(19-33(29)50(5,6)47)34-38-21-27(48-3)22-39-34/h8-9,18-23,26H,7,10-17H2,1-6H3,(H2,40,41,42,43). The third-order valence-corrected chi connectivity index (χ3v) is 11.7. The first-order chi connectivity index (χ1) is 24.1. The number of methoxy groups -OCH3 is 2. The molecule has 0 bridgehead atoms. The smallest absolute Gasteiger partial charge is 0.229 e. The van der Waals surface area contributed by atoms with Gasteiger partial charge in [-0.2, -0.15) is 4.98 Å². The van der Waals surface area contributed by atoms with Crippen molar-refractivity contribution in [1.82, 2.24) is 29.7 Å².